The third-order valence-corrected chi connectivity index (χ3v) is 6.45. The Kier molecular flexibility index (Phi) is 3.27. The van der Waals surface area contributed by atoms with Gasteiger partial charge in [0, 0.05) is 16.3 Å². The second kappa shape index (κ2) is 4.26. The number of nitrogens with one attached hydrogen (secondary N) is 1. The van der Waals surface area contributed by atoms with Crippen LogP contribution in [-0.4, -0.2) is 38.8 Å². The average Bonchev–Trinajstić information content (AvgIpc) is 2.46. The van der Waals surface area contributed by atoms with Gasteiger partial charge in [0.25, 0.3) is 5.91 Å². The Balaban J connectivity index is 2.08. The van der Waals surface area contributed by atoms with Gasteiger partial charge in [-0.15, -0.1) is 11.8 Å². The van der Waals surface area contributed by atoms with E-state index < -0.39 is 5.54 Å². The fourth-order valence-electron chi connectivity index (χ4n) is 1.73. The maximum absolute atomic E-state index is 11.7. The zero-order valence-corrected chi connectivity index (χ0v) is 11.7. The number of thioether (sulfide) groups is 2. The van der Waals surface area contributed by atoms with Crippen LogP contribution in [0.5, 0.6) is 0 Å². The van der Waals surface area contributed by atoms with E-state index in [1.165, 1.54) is 0 Å². The number of amidine groups is 1. The molecular formula is C11H18N2OS2. The summed E-state index contributed by atoms with van der Waals surface area (Å²) < 4.78 is 0. The van der Waals surface area contributed by atoms with Crippen LogP contribution < -0.4 is 5.32 Å². The first kappa shape index (κ1) is 12.3. The highest BCUT2D eigenvalue weighted by molar-refractivity contribution is 8.08. The van der Waals surface area contributed by atoms with E-state index in [-0.39, 0.29) is 5.91 Å². The SMILES string of the molecule is CC1SCC(C2=NC(C)(C)C(=O)N2)SC1C. The number of rotatable bonds is 1. The number of hydrogen-bond donors (Lipinski definition) is 1. The van der Waals surface area contributed by atoms with Gasteiger partial charge in [0.1, 0.15) is 11.4 Å². The predicted molar refractivity (Wildman–Crippen MR) is 72.4 cm³/mol. The van der Waals surface area contributed by atoms with Gasteiger partial charge in [-0.3, -0.25) is 9.79 Å². The van der Waals surface area contributed by atoms with Crippen molar-refractivity contribution in [3.63, 3.8) is 0 Å². The Bertz CT molecular complexity index is 341. The van der Waals surface area contributed by atoms with Gasteiger partial charge < -0.3 is 5.32 Å². The predicted octanol–water partition coefficient (Wildman–Crippen LogP) is 1.92. The van der Waals surface area contributed by atoms with Crippen LogP contribution in [0.4, 0.5) is 0 Å². The number of nitrogens with zero attached hydrogens (tertiary/aromatic N) is 1. The van der Waals surface area contributed by atoms with Crippen LogP contribution in [0, 0.1) is 0 Å². The first-order valence-electron chi connectivity index (χ1n) is 5.58. The molecule has 1 saturated heterocycles. The molecule has 3 unspecified atom stereocenters. The molecule has 1 N–H and O–H groups in total. The first-order chi connectivity index (χ1) is 7.40. The first-order valence-corrected chi connectivity index (χ1v) is 7.57. The number of aliphatic imine (C=N–C) groups is 1. The summed E-state index contributed by atoms with van der Waals surface area (Å²) in [6.07, 6.45) is 0. The molecule has 0 radical (unpaired) electrons. The molecule has 3 nitrogen and oxygen atoms in total. The normalized spacial score (nSPS) is 38.1. The quantitative estimate of drug-likeness (QED) is 0.781. The second-order valence-electron chi connectivity index (χ2n) is 4.88. The highest BCUT2D eigenvalue weighted by Gasteiger charge is 2.39. The summed E-state index contributed by atoms with van der Waals surface area (Å²) in [6.45, 7) is 8.23. The fraction of sp³-hybridized carbons (Fsp3) is 0.818. The summed E-state index contributed by atoms with van der Waals surface area (Å²) in [4.78, 5) is 16.2. The van der Waals surface area contributed by atoms with Crippen molar-refractivity contribution < 1.29 is 4.79 Å². The molecule has 0 aromatic carbocycles. The summed E-state index contributed by atoms with van der Waals surface area (Å²) >= 11 is 3.90. The monoisotopic (exact) mass is 258 g/mol. The van der Waals surface area contributed by atoms with Gasteiger partial charge in [-0.1, -0.05) is 13.8 Å². The maximum atomic E-state index is 11.7. The molecule has 16 heavy (non-hydrogen) atoms. The van der Waals surface area contributed by atoms with Gasteiger partial charge in [0.15, 0.2) is 0 Å². The van der Waals surface area contributed by atoms with E-state index in [2.05, 4.69) is 24.2 Å². The molecule has 2 aliphatic rings. The van der Waals surface area contributed by atoms with E-state index in [4.69, 9.17) is 0 Å². The summed E-state index contributed by atoms with van der Waals surface area (Å²) in [6, 6.07) is 0. The van der Waals surface area contributed by atoms with Gasteiger partial charge >= 0.3 is 0 Å². The van der Waals surface area contributed by atoms with E-state index in [0.717, 1.165) is 11.6 Å². The van der Waals surface area contributed by atoms with Gasteiger partial charge in [-0.05, 0) is 13.8 Å². The van der Waals surface area contributed by atoms with Gasteiger partial charge in [0.2, 0.25) is 0 Å². The lowest BCUT2D eigenvalue weighted by atomic mass is 10.1. The van der Waals surface area contributed by atoms with E-state index in [0.29, 0.717) is 15.7 Å². The summed E-state index contributed by atoms with van der Waals surface area (Å²) in [5.41, 5.74) is -0.577. The zero-order valence-electron chi connectivity index (χ0n) is 10.1. The summed E-state index contributed by atoms with van der Waals surface area (Å²) in [7, 11) is 0. The van der Waals surface area contributed by atoms with Crippen molar-refractivity contribution in [1.82, 2.24) is 5.32 Å². The molecule has 90 valence electrons. The van der Waals surface area contributed by atoms with E-state index in [9.17, 15) is 4.79 Å². The summed E-state index contributed by atoms with van der Waals surface area (Å²) in [5.74, 6) is 1.95. The Morgan fingerprint density at radius 3 is 2.56 bits per heavy atom. The van der Waals surface area contributed by atoms with Crippen LogP contribution in [-0.2, 0) is 4.79 Å². The molecule has 0 bridgehead atoms. The minimum Gasteiger partial charge on any atom is -0.311 e. The highest BCUT2D eigenvalue weighted by Crippen LogP contribution is 2.37. The van der Waals surface area contributed by atoms with E-state index in [1.807, 2.05) is 37.4 Å². The maximum Gasteiger partial charge on any atom is 0.252 e. The van der Waals surface area contributed by atoms with Crippen LogP contribution >= 0.6 is 23.5 Å². The molecule has 2 heterocycles. The average molecular weight is 258 g/mol. The lowest BCUT2D eigenvalue weighted by Crippen LogP contribution is -2.40. The lowest BCUT2D eigenvalue weighted by Gasteiger charge is -2.30. The molecule has 1 amide bonds. The fourth-order valence-corrected chi connectivity index (χ4v) is 4.59. The minimum atomic E-state index is -0.577. The van der Waals surface area contributed by atoms with Crippen molar-refractivity contribution in [1.29, 1.82) is 0 Å². The third-order valence-electron chi connectivity index (χ3n) is 3.05. The van der Waals surface area contributed by atoms with Crippen LogP contribution in [0.3, 0.4) is 0 Å². The van der Waals surface area contributed by atoms with Crippen LogP contribution in [0.15, 0.2) is 4.99 Å². The molecule has 2 aliphatic heterocycles. The van der Waals surface area contributed by atoms with Crippen LogP contribution in [0.1, 0.15) is 27.7 Å². The molecule has 5 heteroatoms. The van der Waals surface area contributed by atoms with Gasteiger partial charge in [-0.2, -0.15) is 11.8 Å². The van der Waals surface area contributed by atoms with Crippen molar-refractivity contribution in [2.75, 3.05) is 5.75 Å². The summed E-state index contributed by atoms with van der Waals surface area (Å²) in [5, 5.41) is 4.58. The molecule has 0 aromatic rings. The van der Waals surface area contributed by atoms with Crippen LogP contribution in [0.2, 0.25) is 0 Å². The standard InChI is InChI=1S/C11H18N2OS2/c1-6-7(2)16-8(5-15-6)9-12-10(14)11(3,4)13-9/h6-8H,5H2,1-4H3,(H,12,13,14). The largest absolute Gasteiger partial charge is 0.311 e. The third kappa shape index (κ3) is 2.25. The Labute approximate surface area is 105 Å². The number of carbonyl (C=O) groups excluding carboxylic acids is 1. The molecule has 1 fully saturated rings. The Morgan fingerprint density at radius 1 is 1.38 bits per heavy atom. The van der Waals surface area contributed by atoms with Gasteiger partial charge in [0.05, 0.1) is 5.25 Å². The van der Waals surface area contributed by atoms with Crippen molar-refractivity contribution >= 4 is 35.3 Å². The second-order valence-corrected chi connectivity index (χ2v) is 7.87. The van der Waals surface area contributed by atoms with Gasteiger partial charge in [-0.25, -0.2) is 0 Å². The van der Waals surface area contributed by atoms with Crippen molar-refractivity contribution in [3.8, 4) is 0 Å². The molecule has 0 saturated carbocycles. The van der Waals surface area contributed by atoms with Crippen LogP contribution in [0.25, 0.3) is 0 Å². The molecule has 0 aliphatic carbocycles. The Morgan fingerprint density at radius 2 is 2.06 bits per heavy atom. The smallest absolute Gasteiger partial charge is 0.252 e. The number of carbonyl (C=O) groups is 1. The minimum absolute atomic E-state index is 0.0272. The molecule has 0 spiro atoms. The van der Waals surface area contributed by atoms with Crippen molar-refractivity contribution in [2.45, 2.75) is 49.0 Å². The van der Waals surface area contributed by atoms with Crippen molar-refractivity contribution in [3.05, 3.63) is 0 Å². The molecular weight excluding hydrogens is 240 g/mol. The van der Waals surface area contributed by atoms with E-state index >= 15 is 0 Å². The molecule has 0 aromatic heterocycles. The number of hydrogen-bond acceptors (Lipinski definition) is 4. The highest BCUT2D eigenvalue weighted by atomic mass is 32.2. The van der Waals surface area contributed by atoms with Crippen molar-refractivity contribution in [2.24, 2.45) is 4.99 Å². The topological polar surface area (TPSA) is 41.5 Å². The zero-order chi connectivity index (χ0) is 11.9. The molecule has 3 atom stereocenters. The Hall–Kier alpha value is -0.160. The lowest BCUT2D eigenvalue weighted by molar-refractivity contribution is -0.122. The molecule has 2 rings (SSSR count). The van der Waals surface area contributed by atoms with E-state index in [1.54, 1.807) is 0 Å². The number of amides is 1.